The summed E-state index contributed by atoms with van der Waals surface area (Å²) in [6.07, 6.45) is 0.530. The monoisotopic (exact) mass is 380 g/mol. The van der Waals surface area contributed by atoms with Gasteiger partial charge in [0.05, 0.1) is 19.3 Å². The zero-order chi connectivity index (χ0) is 19.7. The van der Waals surface area contributed by atoms with Crippen molar-refractivity contribution in [2.24, 2.45) is 0 Å². The number of benzene rings is 2. The highest BCUT2D eigenvalue weighted by Crippen LogP contribution is 2.54. The number of methoxy groups -OCH3 is 1. The van der Waals surface area contributed by atoms with Crippen LogP contribution in [-0.4, -0.2) is 59.2 Å². The van der Waals surface area contributed by atoms with Gasteiger partial charge in [-0.15, -0.1) is 0 Å². The summed E-state index contributed by atoms with van der Waals surface area (Å²) in [5.74, 6) is 1.27. The molecule has 1 amide bonds. The summed E-state index contributed by atoms with van der Waals surface area (Å²) in [4.78, 5) is 16.5. The first-order chi connectivity index (χ1) is 13.6. The predicted molar refractivity (Wildman–Crippen MR) is 108 cm³/mol. The van der Waals surface area contributed by atoms with Gasteiger partial charge in [0.2, 0.25) is 5.91 Å². The van der Waals surface area contributed by atoms with Gasteiger partial charge in [-0.1, -0.05) is 55.5 Å². The quantitative estimate of drug-likeness (QED) is 0.837. The van der Waals surface area contributed by atoms with E-state index in [0.717, 1.165) is 11.3 Å². The van der Waals surface area contributed by atoms with Crippen molar-refractivity contribution in [2.45, 2.75) is 37.4 Å². The molecule has 2 fully saturated rings. The van der Waals surface area contributed by atoms with E-state index in [1.54, 1.807) is 7.11 Å². The molecule has 28 heavy (non-hydrogen) atoms. The Hall–Kier alpha value is -2.37. The van der Waals surface area contributed by atoms with E-state index in [1.807, 2.05) is 48.2 Å². The molecule has 2 atom stereocenters. The summed E-state index contributed by atoms with van der Waals surface area (Å²) >= 11 is 0. The number of amides is 1. The number of ether oxygens (including phenoxy) is 1. The van der Waals surface area contributed by atoms with E-state index in [1.165, 1.54) is 5.56 Å². The van der Waals surface area contributed by atoms with E-state index in [9.17, 15) is 9.90 Å². The molecule has 148 valence electrons. The van der Waals surface area contributed by atoms with E-state index in [4.69, 9.17) is 4.74 Å². The molecule has 0 unspecified atom stereocenters. The van der Waals surface area contributed by atoms with Gasteiger partial charge in [0.25, 0.3) is 0 Å². The molecule has 0 aliphatic carbocycles. The zero-order valence-corrected chi connectivity index (χ0v) is 16.5. The lowest BCUT2D eigenvalue weighted by Gasteiger charge is -2.71. The minimum atomic E-state index is -0.125. The SMILES string of the molecule is CCC(=O)N1CC2(C1)[C@@H](c1ccccc1)[C@@H](CO)N2Cc1ccccc1OC. The molecule has 2 aliphatic rings. The zero-order valence-electron chi connectivity index (χ0n) is 16.5. The van der Waals surface area contributed by atoms with Gasteiger partial charge in [-0.05, 0) is 11.6 Å². The normalized spacial score (nSPS) is 23.2. The lowest BCUT2D eigenvalue weighted by molar-refractivity contribution is -0.200. The largest absolute Gasteiger partial charge is 0.496 e. The third kappa shape index (κ3) is 2.90. The summed E-state index contributed by atoms with van der Waals surface area (Å²) in [6.45, 7) is 4.13. The van der Waals surface area contributed by atoms with E-state index in [2.05, 4.69) is 23.1 Å². The maximum atomic E-state index is 12.2. The van der Waals surface area contributed by atoms with Crippen molar-refractivity contribution in [1.82, 2.24) is 9.80 Å². The van der Waals surface area contributed by atoms with Crippen LogP contribution in [0, 0.1) is 0 Å². The molecule has 0 bridgehead atoms. The molecule has 5 nitrogen and oxygen atoms in total. The summed E-state index contributed by atoms with van der Waals surface area (Å²) in [5.41, 5.74) is 2.22. The molecule has 5 heteroatoms. The predicted octanol–water partition coefficient (Wildman–Crippen LogP) is 2.65. The minimum Gasteiger partial charge on any atom is -0.496 e. The Morgan fingerprint density at radius 1 is 1.14 bits per heavy atom. The first-order valence-electron chi connectivity index (χ1n) is 9.97. The molecule has 1 spiro atoms. The highest BCUT2D eigenvalue weighted by molar-refractivity contribution is 5.77. The van der Waals surface area contributed by atoms with E-state index in [-0.39, 0.29) is 30.0 Å². The fourth-order valence-corrected chi connectivity index (χ4v) is 5.05. The third-order valence-corrected chi connectivity index (χ3v) is 6.40. The summed E-state index contributed by atoms with van der Waals surface area (Å²) in [7, 11) is 1.69. The van der Waals surface area contributed by atoms with Gasteiger partial charge in [0.15, 0.2) is 0 Å². The van der Waals surface area contributed by atoms with Crippen LogP contribution in [-0.2, 0) is 11.3 Å². The van der Waals surface area contributed by atoms with Gasteiger partial charge in [0, 0.05) is 43.6 Å². The van der Waals surface area contributed by atoms with Crippen molar-refractivity contribution in [1.29, 1.82) is 0 Å². The van der Waals surface area contributed by atoms with Gasteiger partial charge < -0.3 is 14.7 Å². The molecule has 2 saturated heterocycles. The van der Waals surface area contributed by atoms with Gasteiger partial charge >= 0.3 is 0 Å². The van der Waals surface area contributed by atoms with Crippen molar-refractivity contribution in [3.63, 3.8) is 0 Å². The Balaban J connectivity index is 1.65. The average molecular weight is 380 g/mol. The van der Waals surface area contributed by atoms with Crippen molar-refractivity contribution in [3.8, 4) is 5.75 Å². The summed E-state index contributed by atoms with van der Waals surface area (Å²) in [6, 6.07) is 18.5. The van der Waals surface area contributed by atoms with Crippen molar-refractivity contribution in [3.05, 3.63) is 65.7 Å². The minimum absolute atomic E-state index is 0.0335. The van der Waals surface area contributed by atoms with Gasteiger partial charge in [-0.2, -0.15) is 0 Å². The molecule has 4 rings (SSSR count). The first-order valence-corrected chi connectivity index (χ1v) is 9.97. The lowest BCUT2D eigenvalue weighted by atomic mass is 9.60. The molecule has 1 N–H and O–H groups in total. The number of aliphatic hydroxyl groups excluding tert-OH is 1. The van der Waals surface area contributed by atoms with Gasteiger partial charge in [0.1, 0.15) is 5.75 Å². The Morgan fingerprint density at radius 3 is 2.46 bits per heavy atom. The highest BCUT2D eigenvalue weighted by atomic mass is 16.5. The van der Waals surface area contributed by atoms with Crippen LogP contribution in [0.5, 0.6) is 5.75 Å². The van der Waals surface area contributed by atoms with Crippen LogP contribution in [0.3, 0.4) is 0 Å². The number of aliphatic hydroxyl groups is 1. The number of hydrogen-bond acceptors (Lipinski definition) is 4. The number of likely N-dealkylation sites (tertiary alicyclic amines) is 2. The number of para-hydroxylation sites is 1. The first kappa shape index (κ1) is 19.0. The molecule has 2 aromatic rings. The summed E-state index contributed by atoms with van der Waals surface area (Å²) in [5, 5.41) is 10.2. The fourth-order valence-electron chi connectivity index (χ4n) is 5.05. The van der Waals surface area contributed by atoms with Gasteiger partial charge in [-0.25, -0.2) is 0 Å². The van der Waals surface area contributed by atoms with Gasteiger partial charge in [-0.3, -0.25) is 9.69 Å². The van der Waals surface area contributed by atoms with E-state index < -0.39 is 0 Å². The van der Waals surface area contributed by atoms with Crippen LogP contribution >= 0.6 is 0 Å². The smallest absolute Gasteiger partial charge is 0.222 e. The number of hydrogen-bond donors (Lipinski definition) is 1. The Labute approximate surface area is 166 Å². The molecule has 2 aromatic carbocycles. The van der Waals surface area contributed by atoms with Crippen LogP contribution in [0.2, 0.25) is 0 Å². The number of rotatable bonds is 6. The van der Waals surface area contributed by atoms with Crippen molar-refractivity contribution < 1.29 is 14.6 Å². The molecule has 0 aromatic heterocycles. The molecule has 0 radical (unpaired) electrons. The second-order valence-corrected chi connectivity index (χ2v) is 7.78. The molecular formula is C23H28N2O3. The standard InChI is InChI=1S/C23H28N2O3/c1-3-21(27)24-15-23(16-24)22(17-9-5-4-6-10-17)19(14-26)25(23)13-18-11-7-8-12-20(18)28-2/h4-12,19,22,26H,3,13-16H2,1-2H3/t19-,22+/m1/s1. The van der Waals surface area contributed by atoms with E-state index >= 15 is 0 Å². The van der Waals surface area contributed by atoms with Crippen LogP contribution in [0.1, 0.15) is 30.4 Å². The summed E-state index contributed by atoms with van der Waals surface area (Å²) < 4.78 is 5.54. The lowest BCUT2D eigenvalue weighted by Crippen LogP contribution is -2.84. The third-order valence-electron chi connectivity index (χ3n) is 6.40. The van der Waals surface area contributed by atoms with Crippen molar-refractivity contribution >= 4 is 5.91 Å². The van der Waals surface area contributed by atoms with Crippen LogP contribution in [0.15, 0.2) is 54.6 Å². The average Bonchev–Trinajstić information content (AvgIpc) is 2.70. The molecule has 2 aliphatic heterocycles. The molecule has 2 heterocycles. The Bertz CT molecular complexity index is 833. The van der Waals surface area contributed by atoms with Crippen LogP contribution in [0.25, 0.3) is 0 Å². The second kappa shape index (κ2) is 7.57. The number of carbonyl (C=O) groups is 1. The molecular weight excluding hydrogens is 352 g/mol. The maximum Gasteiger partial charge on any atom is 0.222 e. The number of nitrogens with zero attached hydrogens (tertiary/aromatic N) is 2. The topological polar surface area (TPSA) is 53.0 Å². The van der Waals surface area contributed by atoms with E-state index in [0.29, 0.717) is 26.1 Å². The second-order valence-electron chi connectivity index (χ2n) is 7.78. The van der Waals surface area contributed by atoms with Crippen molar-refractivity contribution in [2.75, 3.05) is 26.8 Å². The maximum absolute atomic E-state index is 12.2. The molecule has 0 saturated carbocycles. The van der Waals surface area contributed by atoms with Crippen LogP contribution in [0.4, 0.5) is 0 Å². The Morgan fingerprint density at radius 2 is 1.82 bits per heavy atom. The highest BCUT2D eigenvalue weighted by Gasteiger charge is 2.66. The van der Waals surface area contributed by atoms with Crippen LogP contribution < -0.4 is 4.74 Å². The fraction of sp³-hybridized carbons (Fsp3) is 0.435. The number of carbonyl (C=O) groups excluding carboxylic acids is 1. The Kier molecular flexibility index (Phi) is 5.13.